The predicted octanol–water partition coefficient (Wildman–Crippen LogP) is 4.83. The van der Waals surface area contributed by atoms with Gasteiger partial charge in [-0.1, -0.05) is 24.3 Å². The number of benzene rings is 2. The number of nitrogens with two attached hydrogens (primary N) is 1. The minimum Gasteiger partial charge on any atom is -0.492 e. The highest BCUT2D eigenvalue weighted by molar-refractivity contribution is 5.95. The maximum absolute atomic E-state index is 5.60. The molecule has 3 N–H and O–H groups in total. The van der Waals surface area contributed by atoms with Gasteiger partial charge >= 0.3 is 0 Å². The summed E-state index contributed by atoms with van der Waals surface area (Å²) in [6.07, 6.45) is 3.96. The molecule has 3 heterocycles. The molecule has 4 aromatic rings. The van der Waals surface area contributed by atoms with E-state index in [0.717, 1.165) is 59.7 Å². The van der Waals surface area contributed by atoms with Gasteiger partial charge in [0.15, 0.2) is 0 Å². The van der Waals surface area contributed by atoms with Crippen LogP contribution in [-0.2, 0) is 0 Å². The molecule has 0 aliphatic carbocycles. The molecule has 0 atom stereocenters. The number of fused-ring (bicyclic) bond motifs is 1. The molecule has 34 heavy (non-hydrogen) atoms. The molecule has 2 aromatic heterocycles. The van der Waals surface area contributed by atoms with Crippen molar-refractivity contribution in [2.75, 3.05) is 51.3 Å². The van der Waals surface area contributed by atoms with Crippen LogP contribution in [0.1, 0.15) is 0 Å². The van der Waals surface area contributed by atoms with Crippen molar-refractivity contribution in [2.45, 2.75) is 0 Å². The number of ether oxygens (including phenoxy) is 1. The monoisotopic (exact) mass is 499 g/mol. The summed E-state index contributed by atoms with van der Waals surface area (Å²) >= 11 is 0. The zero-order chi connectivity index (χ0) is 21.9. The average molecular weight is 500 g/mol. The lowest BCUT2D eigenvalue weighted by molar-refractivity contribution is 0.313. The first-order chi connectivity index (χ1) is 15.7. The molecule has 1 aliphatic heterocycles. The summed E-state index contributed by atoms with van der Waals surface area (Å²) in [7, 11) is 2.18. The van der Waals surface area contributed by atoms with E-state index < -0.39 is 0 Å². The second-order valence-electron chi connectivity index (χ2n) is 8.32. The standard InChI is InChI=1S/C26H29N5O.2ClH/c1-30-11-13-31(14-12-30)22-6-2-19(3-7-22)21-16-24-25(18-29-26(24)28-17-21)20-4-8-23(9-5-20)32-15-10-27;;/h2-9,16-18H,10-15,27H2,1H3,(H,28,29);2*1H. The van der Waals surface area contributed by atoms with Crippen molar-refractivity contribution in [3.63, 3.8) is 0 Å². The van der Waals surface area contributed by atoms with Crippen LogP contribution in [0.3, 0.4) is 0 Å². The van der Waals surface area contributed by atoms with Crippen molar-refractivity contribution >= 4 is 41.5 Å². The number of pyridine rings is 1. The van der Waals surface area contributed by atoms with Crippen molar-refractivity contribution in [2.24, 2.45) is 5.73 Å². The molecule has 2 aromatic carbocycles. The molecule has 5 rings (SSSR count). The number of nitrogens with zero attached hydrogens (tertiary/aromatic N) is 3. The molecule has 0 saturated carbocycles. The molecule has 0 radical (unpaired) electrons. The molecule has 1 saturated heterocycles. The van der Waals surface area contributed by atoms with E-state index in [1.165, 1.54) is 11.3 Å². The van der Waals surface area contributed by atoms with Crippen molar-refractivity contribution in [3.05, 3.63) is 67.0 Å². The van der Waals surface area contributed by atoms with E-state index in [2.05, 4.69) is 69.3 Å². The summed E-state index contributed by atoms with van der Waals surface area (Å²) < 4.78 is 5.60. The van der Waals surface area contributed by atoms with Crippen LogP contribution in [0, 0.1) is 0 Å². The van der Waals surface area contributed by atoms with Gasteiger partial charge in [0, 0.05) is 67.3 Å². The van der Waals surface area contributed by atoms with E-state index in [4.69, 9.17) is 10.5 Å². The summed E-state index contributed by atoms with van der Waals surface area (Å²) in [6.45, 7) is 5.40. The largest absolute Gasteiger partial charge is 0.492 e. The van der Waals surface area contributed by atoms with Gasteiger partial charge < -0.3 is 25.3 Å². The lowest BCUT2D eigenvalue weighted by Gasteiger charge is -2.34. The van der Waals surface area contributed by atoms with Crippen molar-refractivity contribution in [1.82, 2.24) is 14.9 Å². The Morgan fingerprint density at radius 2 is 1.59 bits per heavy atom. The zero-order valence-corrected chi connectivity index (χ0v) is 20.9. The predicted molar refractivity (Wildman–Crippen MR) is 146 cm³/mol. The second-order valence-corrected chi connectivity index (χ2v) is 8.32. The van der Waals surface area contributed by atoms with Gasteiger partial charge in [-0.15, -0.1) is 24.8 Å². The van der Waals surface area contributed by atoms with Crippen LogP contribution in [0.2, 0.25) is 0 Å². The molecular weight excluding hydrogens is 469 g/mol. The van der Waals surface area contributed by atoms with Gasteiger partial charge in [-0.25, -0.2) is 4.98 Å². The second kappa shape index (κ2) is 11.6. The molecule has 1 fully saturated rings. The number of likely N-dealkylation sites (N-methyl/N-ethyl adjacent to an activating group) is 1. The van der Waals surface area contributed by atoms with E-state index in [0.29, 0.717) is 13.2 Å². The Kier molecular flexibility index (Phi) is 8.80. The summed E-state index contributed by atoms with van der Waals surface area (Å²) in [6, 6.07) is 19.2. The van der Waals surface area contributed by atoms with E-state index >= 15 is 0 Å². The number of hydrogen-bond donors (Lipinski definition) is 2. The van der Waals surface area contributed by atoms with Crippen LogP contribution in [0.4, 0.5) is 5.69 Å². The van der Waals surface area contributed by atoms with Crippen LogP contribution < -0.4 is 15.4 Å². The molecule has 0 bridgehead atoms. The summed E-state index contributed by atoms with van der Waals surface area (Å²) in [5.41, 5.74) is 12.2. The van der Waals surface area contributed by atoms with Crippen molar-refractivity contribution < 1.29 is 4.74 Å². The fraction of sp³-hybridized carbons (Fsp3) is 0.269. The Bertz CT molecular complexity index is 1190. The third-order valence-corrected chi connectivity index (χ3v) is 6.15. The Hall–Kier alpha value is -2.77. The highest BCUT2D eigenvalue weighted by atomic mass is 35.5. The summed E-state index contributed by atoms with van der Waals surface area (Å²) in [4.78, 5) is 12.8. The van der Waals surface area contributed by atoms with Gasteiger partial charge in [0.05, 0.1) is 0 Å². The number of rotatable bonds is 6. The molecular formula is C26H31Cl2N5O. The zero-order valence-electron chi connectivity index (χ0n) is 19.2. The van der Waals surface area contributed by atoms with Crippen LogP contribution in [-0.4, -0.2) is 61.2 Å². The van der Waals surface area contributed by atoms with E-state index in [1.807, 2.05) is 24.5 Å². The number of anilines is 1. The molecule has 6 nitrogen and oxygen atoms in total. The Morgan fingerprint density at radius 1 is 0.912 bits per heavy atom. The highest BCUT2D eigenvalue weighted by Crippen LogP contribution is 2.32. The first-order valence-electron chi connectivity index (χ1n) is 11.2. The third kappa shape index (κ3) is 5.47. The highest BCUT2D eigenvalue weighted by Gasteiger charge is 2.14. The lowest BCUT2D eigenvalue weighted by Crippen LogP contribution is -2.44. The topological polar surface area (TPSA) is 70.4 Å². The molecule has 0 unspecified atom stereocenters. The number of H-pyrrole nitrogens is 1. The van der Waals surface area contributed by atoms with Gasteiger partial charge in [-0.3, -0.25) is 0 Å². The van der Waals surface area contributed by atoms with Crippen molar-refractivity contribution in [3.8, 4) is 28.0 Å². The molecule has 0 amide bonds. The smallest absolute Gasteiger partial charge is 0.137 e. The number of aromatic amines is 1. The minimum absolute atomic E-state index is 0. The van der Waals surface area contributed by atoms with Gasteiger partial charge in [0.25, 0.3) is 0 Å². The Balaban J connectivity index is 0.00000162. The van der Waals surface area contributed by atoms with Crippen LogP contribution >= 0.6 is 24.8 Å². The fourth-order valence-corrected chi connectivity index (χ4v) is 4.24. The summed E-state index contributed by atoms with van der Waals surface area (Å²) in [5.74, 6) is 0.832. The Labute approximate surface area is 212 Å². The summed E-state index contributed by atoms with van der Waals surface area (Å²) in [5, 5.41) is 1.11. The first kappa shape index (κ1) is 25.8. The van der Waals surface area contributed by atoms with E-state index in [9.17, 15) is 0 Å². The number of hydrogen-bond acceptors (Lipinski definition) is 5. The van der Waals surface area contributed by atoms with Crippen LogP contribution in [0.5, 0.6) is 5.75 Å². The maximum atomic E-state index is 5.60. The molecule has 8 heteroatoms. The SMILES string of the molecule is CN1CCN(c2ccc(-c3cnc4[nH]cc(-c5ccc(OCCN)cc5)c4c3)cc2)CC1.Cl.Cl. The van der Waals surface area contributed by atoms with Crippen molar-refractivity contribution in [1.29, 1.82) is 0 Å². The minimum atomic E-state index is 0. The van der Waals surface area contributed by atoms with Crippen LogP contribution in [0.25, 0.3) is 33.3 Å². The van der Waals surface area contributed by atoms with Gasteiger partial charge in [0.2, 0.25) is 0 Å². The fourth-order valence-electron chi connectivity index (χ4n) is 4.24. The third-order valence-electron chi connectivity index (χ3n) is 6.15. The number of piperazine rings is 1. The first-order valence-corrected chi connectivity index (χ1v) is 11.2. The molecule has 0 spiro atoms. The van der Waals surface area contributed by atoms with Crippen LogP contribution in [0.15, 0.2) is 67.0 Å². The number of halogens is 2. The molecule has 1 aliphatic rings. The number of aromatic nitrogens is 2. The Morgan fingerprint density at radius 3 is 2.26 bits per heavy atom. The lowest BCUT2D eigenvalue weighted by atomic mass is 10.0. The van der Waals surface area contributed by atoms with Gasteiger partial charge in [-0.05, 0) is 48.5 Å². The normalized spacial score (nSPS) is 13.9. The maximum Gasteiger partial charge on any atom is 0.137 e. The van der Waals surface area contributed by atoms with E-state index in [1.54, 1.807) is 0 Å². The number of nitrogens with one attached hydrogen (secondary N) is 1. The average Bonchev–Trinajstić information content (AvgIpc) is 3.27. The quantitative estimate of drug-likeness (QED) is 0.397. The van der Waals surface area contributed by atoms with E-state index in [-0.39, 0.29) is 24.8 Å². The van der Waals surface area contributed by atoms with Gasteiger partial charge in [-0.2, -0.15) is 0 Å². The molecule has 180 valence electrons. The van der Waals surface area contributed by atoms with Gasteiger partial charge in [0.1, 0.15) is 18.0 Å².